The lowest BCUT2D eigenvalue weighted by Gasteiger charge is -2.33. The van der Waals surface area contributed by atoms with Gasteiger partial charge in [-0.15, -0.1) is 10.2 Å². The van der Waals surface area contributed by atoms with Gasteiger partial charge in [-0.2, -0.15) is 13.2 Å². The minimum atomic E-state index is -5.03. The molecule has 3 heterocycles. The number of fused-ring (bicyclic) bond motifs is 3. The Bertz CT molecular complexity index is 990. The molecule has 0 spiro atoms. The van der Waals surface area contributed by atoms with E-state index in [-0.39, 0.29) is 17.0 Å². The molecule has 11 heteroatoms. The highest BCUT2D eigenvalue weighted by Gasteiger charge is 2.37. The SMILES string of the molecule is CN1CCN(c2nc3c(F)c(F)c(C(F)(F)F)cc3n3cnnc23)CC1. The maximum absolute atomic E-state index is 14.4. The summed E-state index contributed by atoms with van der Waals surface area (Å²) in [7, 11) is 1.95. The van der Waals surface area contributed by atoms with Crippen LogP contribution in [0, 0.1) is 11.6 Å². The first-order valence-electron chi connectivity index (χ1n) is 7.79. The number of anilines is 1. The second-order valence-electron chi connectivity index (χ2n) is 6.17. The molecule has 26 heavy (non-hydrogen) atoms. The van der Waals surface area contributed by atoms with Gasteiger partial charge < -0.3 is 9.80 Å². The van der Waals surface area contributed by atoms with Gasteiger partial charge in [-0.1, -0.05) is 0 Å². The lowest BCUT2D eigenvalue weighted by molar-refractivity contribution is -0.140. The Kier molecular flexibility index (Phi) is 3.72. The third-order valence-corrected chi connectivity index (χ3v) is 4.49. The molecule has 1 aliphatic rings. The van der Waals surface area contributed by atoms with Gasteiger partial charge in [0, 0.05) is 26.2 Å². The van der Waals surface area contributed by atoms with Gasteiger partial charge in [0.05, 0.1) is 11.1 Å². The molecule has 2 aromatic heterocycles. The molecule has 0 bridgehead atoms. The maximum Gasteiger partial charge on any atom is 0.419 e. The van der Waals surface area contributed by atoms with Gasteiger partial charge in [0.1, 0.15) is 11.8 Å². The summed E-state index contributed by atoms with van der Waals surface area (Å²) in [4.78, 5) is 8.03. The summed E-state index contributed by atoms with van der Waals surface area (Å²) in [6.45, 7) is 2.60. The quantitative estimate of drug-likeness (QED) is 0.614. The Balaban J connectivity index is 1.99. The molecular formula is C15H13F5N6. The first-order chi connectivity index (χ1) is 12.3. The molecule has 0 saturated carbocycles. The Morgan fingerprint density at radius 1 is 1.04 bits per heavy atom. The van der Waals surface area contributed by atoms with Crippen molar-refractivity contribution in [2.75, 3.05) is 38.1 Å². The molecule has 4 rings (SSSR count). The van der Waals surface area contributed by atoms with E-state index >= 15 is 0 Å². The van der Waals surface area contributed by atoms with E-state index in [0.29, 0.717) is 19.2 Å². The van der Waals surface area contributed by atoms with Crippen molar-refractivity contribution in [3.8, 4) is 0 Å². The van der Waals surface area contributed by atoms with Crippen molar-refractivity contribution < 1.29 is 22.0 Å². The smallest absolute Gasteiger partial charge is 0.351 e. The van der Waals surface area contributed by atoms with E-state index in [1.165, 1.54) is 4.40 Å². The topological polar surface area (TPSA) is 49.6 Å². The zero-order chi connectivity index (χ0) is 18.6. The van der Waals surface area contributed by atoms with E-state index in [9.17, 15) is 22.0 Å². The van der Waals surface area contributed by atoms with Crippen LogP contribution in [-0.2, 0) is 6.18 Å². The average Bonchev–Trinajstić information content (AvgIpc) is 3.07. The van der Waals surface area contributed by atoms with Gasteiger partial charge in [0.2, 0.25) is 5.65 Å². The zero-order valence-corrected chi connectivity index (χ0v) is 13.6. The van der Waals surface area contributed by atoms with Gasteiger partial charge in [0.25, 0.3) is 0 Å². The van der Waals surface area contributed by atoms with Crippen molar-refractivity contribution in [1.82, 2.24) is 24.5 Å². The van der Waals surface area contributed by atoms with Gasteiger partial charge >= 0.3 is 6.18 Å². The largest absolute Gasteiger partial charge is 0.419 e. The second-order valence-corrected chi connectivity index (χ2v) is 6.17. The predicted molar refractivity (Wildman–Crippen MR) is 82.9 cm³/mol. The second kappa shape index (κ2) is 5.73. The molecule has 1 fully saturated rings. The standard InChI is InChI=1S/C15H13F5N6/c1-24-2-4-25(5-3-24)13-14-23-21-7-26(14)9-6-8(15(18,19)20)10(16)11(17)12(9)22-13/h6-7H,2-5H2,1H3. The van der Waals surface area contributed by atoms with Crippen LogP contribution in [0.2, 0.25) is 0 Å². The molecule has 0 radical (unpaired) electrons. The summed E-state index contributed by atoms with van der Waals surface area (Å²) < 4.78 is 68.6. The third kappa shape index (κ3) is 2.54. The fourth-order valence-electron chi connectivity index (χ4n) is 3.05. The van der Waals surface area contributed by atoms with Crippen LogP contribution in [0.15, 0.2) is 12.4 Å². The van der Waals surface area contributed by atoms with Crippen LogP contribution in [-0.4, -0.2) is 57.7 Å². The molecule has 138 valence electrons. The fourth-order valence-corrected chi connectivity index (χ4v) is 3.05. The molecule has 6 nitrogen and oxygen atoms in total. The third-order valence-electron chi connectivity index (χ3n) is 4.49. The van der Waals surface area contributed by atoms with E-state index in [0.717, 1.165) is 19.4 Å². The normalized spacial score (nSPS) is 16.8. The van der Waals surface area contributed by atoms with E-state index in [1.54, 1.807) is 0 Å². The Morgan fingerprint density at radius 2 is 1.73 bits per heavy atom. The Labute approximate surface area is 143 Å². The summed E-state index contributed by atoms with van der Waals surface area (Å²) in [6.07, 6.45) is -3.87. The van der Waals surface area contributed by atoms with Crippen molar-refractivity contribution in [2.24, 2.45) is 0 Å². The number of hydrogen-bond donors (Lipinski definition) is 0. The summed E-state index contributed by atoms with van der Waals surface area (Å²) in [6, 6.07) is 0.533. The highest BCUT2D eigenvalue weighted by atomic mass is 19.4. The van der Waals surface area contributed by atoms with Gasteiger partial charge in [-0.05, 0) is 13.1 Å². The molecule has 0 atom stereocenters. The lowest BCUT2D eigenvalue weighted by atomic mass is 10.1. The van der Waals surface area contributed by atoms with Crippen molar-refractivity contribution in [2.45, 2.75) is 6.18 Å². The highest BCUT2D eigenvalue weighted by molar-refractivity contribution is 5.84. The van der Waals surface area contributed by atoms with Crippen molar-refractivity contribution in [3.05, 3.63) is 29.6 Å². The molecule has 0 unspecified atom stereocenters. The first-order valence-corrected chi connectivity index (χ1v) is 7.79. The number of hydrogen-bond acceptors (Lipinski definition) is 5. The number of nitrogens with zero attached hydrogens (tertiary/aromatic N) is 6. The zero-order valence-electron chi connectivity index (χ0n) is 13.6. The molecule has 0 amide bonds. The van der Waals surface area contributed by atoms with Crippen LogP contribution in [0.1, 0.15) is 5.56 Å². The first kappa shape index (κ1) is 16.9. The number of piperazine rings is 1. The fraction of sp³-hybridized carbons (Fsp3) is 0.400. The minimum absolute atomic E-state index is 0.196. The molecule has 1 saturated heterocycles. The van der Waals surface area contributed by atoms with E-state index < -0.39 is 28.9 Å². The van der Waals surface area contributed by atoms with Gasteiger partial charge in [0.15, 0.2) is 17.5 Å². The molecule has 1 aliphatic heterocycles. The molecular weight excluding hydrogens is 359 g/mol. The van der Waals surface area contributed by atoms with Crippen LogP contribution in [0.4, 0.5) is 27.8 Å². The number of benzene rings is 1. The number of halogens is 5. The van der Waals surface area contributed by atoms with Crippen LogP contribution >= 0.6 is 0 Å². The number of likely N-dealkylation sites (N-methyl/N-ethyl adjacent to an activating group) is 1. The van der Waals surface area contributed by atoms with E-state index in [2.05, 4.69) is 20.1 Å². The highest BCUT2D eigenvalue weighted by Crippen LogP contribution is 2.36. The monoisotopic (exact) mass is 372 g/mol. The van der Waals surface area contributed by atoms with Crippen LogP contribution < -0.4 is 4.90 Å². The van der Waals surface area contributed by atoms with E-state index in [1.807, 2.05) is 11.9 Å². The molecule has 0 N–H and O–H groups in total. The molecule has 1 aromatic carbocycles. The Morgan fingerprint density at radius 3 is 2.38 bits per heavy atom. The van der Waals surface area contributed by atoms with Gasteiger partial charge in [-0.3, -0.25) is 4.40 Å². The number of aromatic nitrogens is 4. The number of alkyl halides is 3. The number of rotatable bonds is 1. The summed E-state index contributed by atoms with van der Waals surface area (Å²) in [5.74, 6) is -3.34. The maximum atomic E-state index is 14.4. The average molecular weight is 372 g/mol. The van der Waals surface area contributed by atoms with Gasteiger partial charge in [-0.25, -0.2) is 13.8 Å². The van der Waals surface area contributed by atoms with Crippen LogP contribution in [0.5, 0.6) is 0 Å². The van der Waals surface area contributed by atoms with Crippen molar-refractivity contribution >= 4 is 22.5 Å². The van der Waals surface area contributed by atoms with Crippen molar-refractivity contribution in [3.63, 3.8) is 0 Å². The van der Waals surface area contributed by atoms with Crippen LogP contribution in [0.3, 0.4) is 0 Å². The lowest BCUT2D eigenvalue weighted by Crippen LogP contribution is -2.45. The summed E-state index contributed by atoms with van der Waals surface area (Å²) in [5.41, 5.74) is -2.22. The van der Waals surface area contributed by atoms with E-state index in [4.69, 9.17) is 0 Å². The Hall–Kier alpha value is -2.56. The van der Waals surface area contributed by atoms with Crippen LogP contribution in [0.25, 0.3) is 16.7 Å². The van der Waals surface area contributed by atoms with Crippen molar-refractivity contribution in [1.29, 1.82) is 0 Å². The summed E-state index contributed by atoms with van der Waals surface area (Å²) in [5, 5.41) is 7.61. The summed E-state index contributed by atoms with van der Waals surface area (Å²) >= 11 is 0. The predicted octanol–water partition coefficient (Wildman–Crippen LogP) is 2.33. The molecule has 3 aromatic rings. The molecule has 0 aliphatic carbocycles. The minimum Gasteiger partial charge on any atom is -0.351 e.